The molecule has 1 N–H and O–H groups in total. The molecule has 3 heterocycles. The second-order valence-electron chi connectivity index (χ2n) is 8.47. The van der Waals surface area contributed by atoms with E-state index in [1.165, 1.54) is 0 Å². The van der Waals surface area contributed by atoms with E-state index >= 15 is 0 Å². The number of amides is 2. The van der Waals surface area contributed by atoms with E-state index in [1.807, 2.05) is 51.9 Å². The molecule has 9 heteroatoms. The fraction of sp³-hybridized carbons (Fsp3) is 0.375. The van der Waals surface area contributed by atoms with Crippen LogP contribution in [0.2, 0.25) is 10.0 Å². The number of fused-ring (bicyclic) bond motifs is 1. The molecule has 2 aliphatic rings. The van der Waals surface area contributed by atoms with Gasteiger partial charge in [-0.05, 0) is 61.6 Å². The van der Waals surface area contributed by atoms with Crippen LogP contribution >= 0.6 is 23.2 Å². The minimum atomic E-state index is -0.151. The maximum absolute atomic E-state index is 13.4. The van der Waals surface area contributed by atoms with Crippen molar-refractivity contribution < 1.29 is 9.53 Å². The van der Waals surface area contributed by atoms with Gasteiger partial charge in [-0.25, -0.2) is 4.79 Å². The summed E-state index contributed by atoms with van der Waals surface area (Å²) in [7, 11) is 0. The Balaban J connectivity index is 1.34. The van der Waals surface area contributed by atoms with Crippen LogP contribution in [0.15, 0.2) is 48.8 Å². The Morgan fingerprint density at radius 3 is 2.76 bits per heavy atom. The molecular weight excluding hydrogens is 461 g/mol. The average Bonchev–Trinajstić information content (AvgIpc) is 3.43. The lowest BCUT2D eigenvalue weighted by atomic mass is 10.0. The van der Waals surface area contributed by atoms with Crippen LogP contribution in [0.3, 0.4) is 0 Å². The molecule has 1 saturated heterocycles. The Morgan fingerprint density at radius 2 is 1.91 bits per heavy atom. The normalized spacial score (nSPS) is 20.1. The van der Waals surface area contributed by atoms with Crippen LogP contribution < -0.4 is 10.1 Å². The van der Waals surface area contributed by atoms with E-state index in [-0.39, 0.29) is 18.1 Å². The van der Waals surface area contributed by atoms with Crippen LogP contribution in [0.4, 0.5) is 4.79 Å². The first-order valence-electron chi connectivity index (χ1n) is 11.2. The van der Waals surface area contributed by atoms with Crippen LogP contribution in [0.25, 0.3) is 0 Å². The molecule has 0 radical (unpaired) electrons. The second-order valence-corrected chi connectivity index (χ2v) is 9.34. The summed E-state index contributed by atoms with van der Waals surface area (Å²) in [5.74, 6) is 1.58. The number of hydrogen-bond donors (Lipinski definition) is 1. The predicted octanol–water partition coefficient (Wildman–Crippen LogP) is 5.39. The fourth-order valence-electron chi connectivity index (χ4n) is 4.64. The molecule has 7 nitrogen and oxygen atoms in total. The van der Waals surface area contributed by atoms with Crippen LogP contribution in [0.1, 0.15) is 54.7 Å². The number of nitrogens with zero attached hydrogens (tertiary/aromatic N) is 4. The molecule has 0 aliphatic carbocycles. The molecule has 2 amide bonds. The molecule has 172 valence electrons. The highest BCUT2D eigenvalue weighted by Crippen LogP contribution is 2.35. The smallest absolute Gasteiger partial charge is 0.318 e. The summed E-state index contributed by atoms with van der Waals surface area (Å²) in [6.45, 7) is 1.92. The second kappa shape index (κ2) is 9.61. The van der Waals surface area contributed by atoms with Gasteiger partial charge >= 0.3 is 6.03 Å². The van der Waals surface area contributed by atoms with Gasteiger partial charge in [-0.1, -0.05) is 35.3 Å². The monoisotopic (exact) mass is 485 g/mol. The van der Waals surface area contributed by atoms with E-state index in [2.05, 4.69) is 15.5 Å². The van der Waals surface area contributed by atoms with Crippen molar-refractivity contribution in [2.24, 2.45) is 0 Å². The highest BCUT2D eigenvalue weighted by molar-refractivity contribution is 6.30. The number of halogens is 2. The van der Waals surface area contributed by atoms with Crippen LogP contribution in [-0.2, 0) is 6.54 Å². The number of nitrogens with one attached hydrogen (secondary N) is 1. The summed E-state index contributed by atoms with van der Waals surface area (Å²) >= 11 is 12.3. The Labute approximate surface area is 202 Å². The van der Waals surface area contributed by atoms with Crippen molar-refractivity contribution in [2.75, 3.05) is 13.2 Å². The summed E-state index contributed by atoms with van der Waals surface area (Å²) in [6.07, 6.45) is 5.14. The first-order chi connectivity index (χ1) is 16.1. The van der Waals surface area contributed by atoms with Crippen molar-refractivity contribution in [2.45, 2.75) is 44.3 Å². The SMILES string of the molecule is O=C(N[C@H]1CCCOc2ccc(Cl)cc21)N1CCC[C@@H]1c1nncn1Cc1ccc(Cl)cc1. The van der Waals surface area contributed by atoms with E-state index in [1.54, 1.807) is 6.33 Å². The number of carbonyl (C=O) groups is 1. The summed E-state index contributed by atoms with van der Waals surface area (Å²) in [6, 6.07) is 12.9. The van der Waals surface area contributed by atoms with Gasteiger partial charge in [-0.15, -0.1) is 10.2 Å². The van der Waals surface area contributed by atoms with E-state index in [9.17, 15) is 4.79 Å². The third kappa shape index (κ3) is 4.80. The predicted molar refractivity (Wildman–Crippen MR) is 127 cm³/mol. The Bertz CT molecular complexity index is 1130. The minimum Gasteiger partial charge on any atom is -0.493 e. The average molecular weight is 486 g/mol. The zero-order chi connectivity index (χ0) is 22.8. The number of ether oxygens (including phenoxy) is 1. The number of aromatic nitrogens is 3. The zero-order valence-corrected chi connectivity index (χ0v) is 19.6. The first-order valence-corrected chi connectivity index (χ1v) is 12.0. The van der Waals surface area contributed by atoms with Gasteiger partial charge in [0, 0.05) is 22.2 Å². The van der Waals surface area contributed by atoms with Crippen molar-refractivity contribution in [1.82, 2.24) is 25.0 Å². The molecular formula is C24H25Cl2N5O2. The number of likely N-dealkylation sites (tertiary alicyclic amines) is 1. The van der Waals surface area contributed by atoms with E-state index in [4.69, 9.17) is 27.9 Å². The zero-order valence-electron chi connectivity index (χ0n) is 18.1. The lowest BCUT2D eigenvalue weighted by Gasteiger charge is -2.28. The Morgan fingerprint density at radius 1 is 1.09 bits per heavy atom. The van der Waals surface area contributed by atoms with Gasteiger partial charge in [-0.2, -0.15) is 0 Å². The molecule has 2 aliphatic heterocycles. The number of carbonyl (C=O) groups excluding carboxylic acids is 1. The fourth-order valence-corrected chi connectivity index (χ4v) is 4.95. The van der Waals surface area contributed by atoms with Crippen molar-refractivity contribution in [3.8, 4) is 5.75 Å². The van der Waals surface area contributed by atoms with Crippen molar-refractivity contribution >= 4 is 29.2 Å². The number of benzene rings is 2. The van der Waals surface area contributed by atoms with Gasteiger partial charge in [0.2, 0.25) is 0 Å². The maximum Gasteiger partial charge on any atom is 0.318 e. The van der Waals surface area contributed by atoms with Crippen molar-refractivity contribution in [1.29, 1.82) is 0 Å². The van der Waals surface area contributed by atoms with Gasteiger partial charge in [0.1, 0.15) is 12.1 Å². The van der Waals surface area contributed by atoms with Crippen molar-refractivity contribution in [3.63, 3.8) is 0 Å². The van der Waals surface area contributed by atoms with Crippen molar-refractivity contribution in [3.05, 3.63) is 75.8 Å². The van der Waals surface area contributed by atoms with Gasteiger partial charge in [0.15, 0.2) is 5.82 Å². The molecule has 0 unspecified atom stereocenters. The molecule has 1 fully saturated rings. The lowest BCUT2D eigenvalue weighted by Crippen LogP contribution is -2.41. The first kappa shape index (κ1) is 22.0. The molecule has 0 bridgehead atoms. The summed E-state index contributed by atoms with van der Waals surface area (Å²) < 4.78 is 7.86. The maximum atomic E-state index is 13.4. The van der Waals surface area contributed by atoms with Gasteiger partial charge in [0.05, 0.1) is 25.2 Å². The standard InChI is InChI=1S/C24H25Cl2N5O2/c25-17-7-5-16(6-8-17)14-30-15-27-29-23(30)21-4-1-11-31(21)24(32)28-20-3-2-12-33-22-10-9-18(26)13-19(20)22/h5-10,13,15,20-21H,1-4,11-12,14H2,(H,28,32)/t20-,21+/m0/s1. The number of rotatable bonds is 4. The number of hydrogen-bond acceptors (Lipinski definition) is 4. The van der Waals surface area contributed by atoms with Gasteiger partial charge < -0.3 is 19.5 Å². The largest absolute Gasteiger partial charge is 0.493 e. The van der Waals surface area contributed by atoms with Gasteiger partial charge in [0.25, 0.3) is 0 Å². The quantitative estimate of drug-likeness (QED) is 0.537. The molecule has 2 atom stereocenters. The Hall–Kier alpha value is -2.77. The van der Waals surface area contributed by atoms with Crippen LogP contribution in [-0.4, -0.2) is 38.8 Å². The topological polar surface area (TPSA) is 72.3 Å². The molecule has 1 aromatic heterocycles. The molecule has 0 saturated carbocycles. The molecule has 5 rings (SSSR count). The Kier molecular flexibility index (Phi) is 6.42. The third-order valence-electron chi connectivity index (χ3n) is 6.26. The summed E-state index contributed by atoms with van der Waals surface area (Å²) in [5.41, 5.74) is 2.02. The van der Waals surface area contributed by atoms with Crippen LogP contribution in [0.5, 0.6) is 5.75 Å². The van der Waals surface area contributed by atoms with E-state index < -0.39 is 0 Å². The highest BCUT2D eigenvalue weighted by Gasteiger charge is 2.35. The summed E-state index contributed by atoms with van der Waals surface area (Å²) in [4.78, 5) is 15.3. The van der Waals surface area contributed by atoms with Crippen LogP contribution in [0, 0.1) is 0 Å². The van der Waals surface area contributed by atoms with E-state index in [0.29, 0.717) is 29.7 Å². The lowest BCUT2D eigenvalue weighted by molar-refractivity contribution is 0.185. The third-order valence-corrected chi connectivity index (χ3v) is 6.75. The number of urea groups is 1. The molecule has 2 aromatic carbocycles. The minimum absolute atomic E-state index is 0.101. The highest BCUT2D eigenvalue weighted by atomic mass is 35.5. The van der Waals surface area contributed by atoms with E-state index in [0.717, 1.165) is 48.4 Å². The molecule has 0 spiro atoms. The molecule has 33 heavy (non-hydrogen) atoms. The van der Waals surface area contributed by atoms with Gasteiger partial charge in [-0.3, -0.25) is 0 Å². The summed E-state index contributed by atoms with van der Waals surface area (Å²) in [5, 5.41) is 13.1. The molecule has 3 aromatic rings.